The molecular weight excluding hydrogens is 508 g/mol. The van der Waals surface area contributed by atoms with E-state index in [0.29, 0.717) is 6.42 Å². The van der Waals surface area contributed by atoms with Crippen LogP contribution in [-0.4, -0.2) is 95.1 Å². The zero-order valence-electron chi connectivity index (χ0n) is 21.8. The molecule has 0 bridgehead atoms. The average molecular weight is 555 g/mol. The fraction of sp³-hybridized carbons (Fsp3) is 0.880. The van der Waals surface area contributed by atoms with Crippen LogP contribution in [0.3, 0.4) is 0 Å². The van der Waals surface area contributed by atoms with E-state index >= 15 is 0 Å². The Labute approximate surface area is 220 Å². The first kappa shape index (κ1) is 33.9. The molecule has 11 nitrogen and oxygen atoms in total. The third kappa shape index (κ3) is 15.8. The summed E-state index contributed by atoms with van der Waals surface area (Å²) in [5.41, 5.74) is 0. The number of carbonyl (C=O) groups excluding carboxylic acids is 1. The van der Waals surface area contributed by atoms with E-state index in [1.807, 2.05) is 0 Å². The first-order valence-corrected chi connectivity index (χ1v) is 14.9. The maximum Gasteiger partial charge on any atom is 0.305 e. The quantitative estimate of drug-likeness (QED) is 0.0641. The smallest absolute Gasteiger partial charge is 0.305 e. The highest BCUT2D eigenvalue weighted by Gasteiger charge is 2.45. The molecule has 0 aromatic carbocycles. The van der Waals surface area contributed by atoms with Crippen LogP contribution in [0.4, 0.5) is 0 Å². The van der Waals surface area contributed by atoms with E-state index in [0.717, 1.165) is 38.5 Å². The molecule has 37 heavy (non-hydrogen) atoms. The van der Waals surface area contributed by atoms with Crippen LogP contribution in [0, 0.1) is 0 Å². The van der Waals surface area contributed by atoms with Crippen molar-refractivity contribution in [2.45, 2.75) is 121 Å². The van der Waals surface area contributed by atoms with E-state index in [-0.39, 0.29) is 13.0 Å². The highest BCUT2D eigenvalue weighted by molar-refractivity contribution is 7.85. The molecule has 218 valence electrons. The Morgan fingerprint density at radius 2 is 1.49 bits per heavy atom. The van der Waals surface area contributed by atoms with Crippen molar-refractivity contribution in [1.82, 2.24) is 0 Å². The third-order valence-corrected chi connectivity index (χ3v) is 6.83. The van der Waals surface area contributed by atoms with Gasteiger partial charge in [0.2, 0.25) is 0 Å². The normalized spacial score (nSPS) is 25.4. The molecule has 1 rings (SSSR count). The molecule has 1 aliphatic rings. The topological polar surface area (TPSA) is 180 Å². The molecule has 1 fully saturated rings. The second-order valence-electron chi connectivity index (χ2n) is 9.56. The second-order valence-corrected chi connectivity index (χ2v) is 11.1. The number of esters is 1. The molecule has 0 aromatic rings. The molecule has 1 saturated heterocycles. The molecule has 1 heterocycles. The SMILES string of the molecule is CCCCCC/C=C\CCCCCCCC(=O)OC[C@@H](O)CO[C@H]1O[C@H](CS(=O)(=O)O)[C@@H](O)C(O)C1O. The summed E-state index contributed by atoms with van der Waals surface area (Å²) in [4.78, 5) is 11.9. The van der Waals surface area contributed by atoms with Gasteiger partial charge in [-0.1, -0.05) is 57.6 Å². The van der Waals surface area contributed by atoms with Crippen LogP contribution in [0.5, 0.6) is 0 Å². The number of allylic oxidation sites excluding steroid dienone is 2. The van der Waals surface area contributed by atoms with E-state index < -0.39 is 65.3 Å². The van der Waals surface area contributed by atoms with Crippen molar-refractivity contribution in [3.63, 3.8) is 0 Å². The second kappa shape index (κ2) is 19.0. The highest BCUT2D eigenvalue weighted by atomic mass is 32.2. The standard InChI is InChI=1S/C25H46O11S/c1-2-3-4-5-6-7-8-9-10-11-12-13-14-15-21(27)34-16-19(26)17-35-25-24(30)23(29)22(28)20(36-25)18-37(31,32)33/h7-8,19-20,22-26,28-30H,2-6,9-18H2,1H3,(H,31,32,33)/b8-7-/t19-,20-,22-,23?,24?,25+/m1/s1. The van der Waals surface area contributed by atoms with Crippen molar-refractivity contribution >= 4 is 16.1 Å². The number of aliphatic hydroxyl groups excluding tert-OH is 4. The Bertz CT molecular complexity index is 743. The molecule has 0 saturated carbocycles. The number of hydrogen-bond acceptors (Lipinski definition) is 10. The number of ether oxygens (including phenoxy) is 3. The van der Waals surface area contributed by atoms with E-state index in [1.54, 1.807) is 0 Å². The maximum absolute atomic E-state index is 11.9. The molecule has 0 aromatic heterocycles. The summed E-state index contributed by atoms with van der Waals surface area (Å²) in [5.74, 6) is -1.47. The summed E-state index contributed by atoms with van der Waals surface area (Å²) in [6, 6.07) is 0. The van der Waals surface area contributed by atoms with Crippen LogP contribution < -0.4 is 0 Å². The Hall–Kier alpha value is -1.12. The summed E-state index contributed by atoms with van der Waals surface area (Å²) >= 11 is 0. The zero-order valence-corrected chi connectivity index (χ0v) is 22.6. The van der Waals surface area contributed by atoms with Gasteiger partial charge in [0.25, 0.3) is 10.1 Å². The van der Waals surface area contributed by atoms with Crippen LogP contribution in [0.2, 0.25) is 0 Å². The van der Waals surface area contributed by atoms with Crippen LogP contribution in [-0.2, 0) is 29.1 Å². The Morgan fingerprint density at radius 1 is 0.892 bits per heavy atom. The lowest BCUT2D eigenvalue weighted by atomic mass is 10.00. The van der Waals surface area contributed by atoms with Gasteiger partial charge in [-0.3, -0.25) is 9.35 Å². The molecule has 0 radical (unpaired) electrons. The van der Waals surface area contributed by atoms with Gasteiger partial charge >= 0.3 is 5.97 Å². The number of unbranched alkanes of at least 4 members (excludes halogenated alkanes) is 9. The molecule has 5 N–H and O–H groups in total. The number of rotatable bonds is 20. The van der Waals surface area contributed by atoms with E-state index in [4.69, 9.17) is 18.8 Å². The Balaban J connectivity index is 2.13. The van der Waals surface area contributed by atoms with Gasteiger partial charge < -0.3 is 34.6 Å². The van der Waals surface area contributed by atoms with Crippen molar-refractivity contribution in [1.29, 1.82) is 0 Å². The van der Waals surface area contributed by atoms with Gasteiger partial charge in [0.15, 0.2) is 6.29 Å². The van der Waals surface area contributed by atoms with Gasteiger partial charge in [-0.25, -0.2) is 0 Å². The summed E-state index contributed by atoms with van der Waals surface area (Å²) in [5, 5.41) is 39.6. The monoisotopic (exact) mass is 554 g/mol. The van der Waals surface area contributed by atoms with Crippen molar-refractivity contribution in [3.05, 3.63) is 12.2 Å². The third-order valence-electron chi connectivity index (χ3n) is 6.08. The van der Waals surface area contributed by atoms with Crippen LogP contribution in [0.1, 0.15) is 84.0 Å². The lowest BCUT2D eigenvalue weighted by molar-refractivity contribution is -0.296. The Morgan fingerprint density at radius 3 is 2.11 bits per heavy atom. The first-order chi connectivity index (χ1) is 17.5. The highest BCUT2D eigenvalue weighted by Crippen LogP contribution is 2.23. The molecule has 0 amide bonds. The molecule has 2 unspecified atom stereocenters. The van der Waals surface area contributed by atoms with Gasteiger partial charge in [0.05, 0.1) is 6.61 Å². The van der Waals surface area contributed by atoms with Gasteiger partial charge in [0.1, 0.15) is 42.9 Å². The summed E-state index contributed by atoms with van der Waals surface area (Å²) in [6.07, 6.45) is 7.32. The molecule has 1 aliphatic heterocycles. The van der Waals surface area contributed by atoms with Gasteiger partial charge in [-0.2, -0.15) is 8.42 Å². The van der Waals surface area contributed by atoms with E-state index in [1.165, 1.54) is 25.7 Å². The summed E-state index contributed by atoms with van der Waals surface area (Å²) < 4.78 is 46.4. The first-order valence-electron chi connectivity index (χ1n) is 13.3. The number of hydrogen-bond donors (Lipinski definition) is 5. The molecule has 0 aliphatic carbocycles. The Kier molecular flexibility index (Phi) is 17.4. The minimum atomic E-state index is -4.54. The fourth-order valence-corrected chi connectivity index (χ4v) is 4.59. The van der Waals surface area contributed by atoms with Crippen molar-refractivity contribution < 1.29 is 52.4 Å². The lowest BCUT2D eigenvalue weighted by Gasteiger charge is -2.40. The van der Waals surface area contributed by atoms with Crippen LogP contribution in [0.25, 0.3) is 0 Å². The van der Waals surface area contributed by atoms with Crippen molar-refractivity contribution in [2.24, 2.45) is 0 Å². The molecule has 0 spiro atoms. The molecule has 6 atom stereocenters. The molecule has 12 heteroatoms. The summed E-state index contributed by atoms with van der Waals surface area (Å²) in [7, 11) is -4.54. The van der Waals surface area contributed by atoms with E-state index in [9.17, 15) is 33.6 Å². The predicted molar refractivity (Wildman–Crippen MR) is 136 cm³/mol. The lowest BCUT2D eigenvalue weighted by Crippen LogP contribution is -2.60. The summed E-state index contributed by atoms with van der Waals surface area (Å²) in [6.45, 7) is 1.40. The largest absolute Gasteiger partial charge is 0.463 e. The maximum atomic E-state index is 11.9. The predicted octanol–water partition coefficient (Wildman–Crippen LogP) is 1.86. The van der Waals surface area contributed by atoms with Gasteiger partial charge in [-0.05, 0) is 32.1 Å². The average Bonchev–Trinajstić information content (AvgIpc) is 2.84. The van der Waals surface area contributed by atoms with Gasteiger partial charge in [0, 0.05) is 6.42 Å². The minimum absolute atomic E-state index is 0.233. The van der Waals surface area contributed by atoms with Crippen LogP contribution >= 0.6 is 0 Å². The van der Waals surface area contributed by atoms with Crippen molar-refractivity contribution in [3.8, 4) is 0 Å². The number of aliphatic hydroxyl groups is 4. The van der Waals surface area contributed by atoms with Crippen LogP contribution in [0.15, 0.2) is 12.2 Å². The van der Waals surface area contributed by atoms with Gasteiger partial charge in [-0.15, -0.1) is 0 Å². The van der Waals surface area contributed by atoms with Crippen molar-refractivity contribution in [2.75, 3.05) is 19.0 Å². The number of carbonyl (C=O) groups is 1. The molecular formula is C25H46O11S. The minimum Gasteiger partial charge on any atom is -0.463 e. The fourth-order valence-electron chi connectivity index (χ4n) is 3.90. The zero-order chi connectivity index (χ0) is 27.7. The van der Waals surface area contributed by atoms with E-state index in [2.05, 4.69) is 19.1 Å².